The summed E-state index contributed by atoms with van der Waals surface area (Å²) in [7, 11) is 3.90. The highest BCUT2D eigenvalue weighted by Crippen LogP contribution is 2.27. The number of nitrogens with zero attached hydrogens (tertiary/aromatic N) is 3. The molecule has 1 heterocycles. The average molecular weight is 308 g/mol. The van der Waals surface area contributed by atoms with Crippen LogP contribution in [0, 0.1) is 6.92 Å². The molecule has 0 aliphatic rings. The number of halogens is 1. The minimum Gasteiger partial charge on any atom is -0.396 e. The first-order valence-electron chi connectivity index (χ1n) is 7.08. The van der Waals surface area contributed by atoms with Crippen LogP contribution in [0.5, 0.6) is 0 Å². The summed E-state index contributed by atoms with van der Waals surface area (Å²) < 4.78 is 1.70. The fourth-order valence-electron chi connectivity index (χ4n) is 2.65. The molecule has 0 fully saturated rings. The Labute approximate surface area is 131 Å². The van der Waals surface area contributed by atoms with Crippen molar-refractivity contribution in [1.29, 1.82) is 0 Å². The van der Waals surface area contributed by atoms with Crippen LogP contribution in [0.25, 0.3) is 0 Å². The van der Waals surface area contributed by atoms with Gasteiger partial charge in [0.15, 0.2) is 0 Å². The van der Waals surface area contributed by atoms with Crippen LogP contribution >= 0.6 is 11.6 Å². The highest BCUT2D eigenvalue weighted by atomic mass is 35.5. The Morgan fingerprint density at radius 3 is 2.52 bits per heavy atom. The molecule has 2 aromatic rings. The normalized spacial score (nSPS) is 12.9. The Balaban J connectivity index is 2.21. The zero-order valence-corrected chi connectivity index (χ0v) is 13.5. The summed E-state index contributed by atoms with van der Waals surface area (Å²) in [6.07, 6.45) is 0.692. The molecule has 0 radical (unpaired) electrons. The molecule has 1 aromatic carbocycles. The lowest BCUT2D eigenvalue weighted by Crippen LogP contribution is -2.25. The van der Waals surface area contributed by atoms with Gasteiger partial charge in [0, 0.05) is 31.8 Å². The minimum absolute atomic E-state index is 0.156. The van der Waals surface area contributed by atoms with Crippen LogP contribution in [0.15, 0.2) is 30.3 Å². The number of hydrogen-bond donors (Lipinski definition) is 1. The summed E-state index contributed by atoms with van der Waals surface area (Å²) in [5, 5.41) is 14.4. The molecule has 1 atom stereocenters. The van der Waals surface area contributed by atoms with Crippen molar-refractivity contribution in [1.82, 2.24) is 14.7 Å². The Morgan fingerprint density at radius 2 is 2.00 bits per heavy atom. The predicted molar refractivity (Wildman–Crippen MR) is 85.3 cm³/mol. The fourth-order valence-corrected chi connectivity index (χ4v) is 2.89. The van der Waals surface area contributed by atoms with Gasteiger partial charge >= 0.3 is 0 Å². The summed E-state index contributed by atoms with van der Waals surface area (Å²) in [6, 6.07) is 10.4. The molecule has 0 amide bonds. The van der Waals surface area contributed by atoms with Gasteiger partial charge in [-0.3, -0.25) is 9.58 Å². The SMILES string of the molecule is Cc1nn(C)c(Cl)c1CN(C)C(CCO)c1ccccc1. The molecule has 0 aliphatic carbocycles. The number of aryl methyl sites for hydroxylation is 2. The van der Waals surface area contributed by atoms with E-state index >= 15 is 0 Å². The molecular formula is C16H22ClN3O. The number of aromatic nitrogens is 2. The van der Waals surface area contributed by atoms with Gasteiger partial charge in [-0.25, -0.2) is 0 Å². The number of benzene rings is 1. The smallest absolute Gasteiger partial charge is 0.131 e. The molecule has 1 unspecified atom stereocenters. The Morgan fingerprint density at radius 1 is 1.33 bits per heavy atom. The molecule has 0 aliphatic heterocycles. The van der Waals surface area contributed by atoms with Gasteiger partial charge in [-0.05, 0) is 26.0 Å². The third kappa shape index (κ3) is 3.64. The van der Waals surface area contributed by atoms with E-state index in [2.05, 4.69) is 29.2 Å². The lowest BCUT2D eigenvalue weighted by molar-refractivity contribution is 0.180. The highest BCUT2D eigenvalue weighted by Gasteiger charge is 2.20. The molecule has 1 aromatic heterocycles. The molecule has 0 saturated carbocycles. The number of aliphatic hydroxyl groups excluding tert-OH is 1. The summed E-state index contributed by atoms with van der Waals surface area (Å²) in [4.78, 5) is 2.21. The zero-order valence-electron chi connectivity index (χ0n) is 12.8. The van der Waals surface area contributed by atoms with Crippen LogP contribution in [0.2, 0.25) is 5.15 Å². The van der Waals surface area contributed by atoms with Crippen LogP contribution in [-0.4, -0.2) is 33.4 Å². The van der Waals surface area contributed by atoms with E-state index in [9.17, 15) is 5.11 Å². The molecule has 5 heteroatoms. The molecule has 2 rings (SSSR count). The van der Waals surface area contributed by atoms with Gasteiger partial charge in [0.25, 0.3) is 0 Å². The summed E-state index contributed by atoms with van der Waals surface area (Å²) in [6.45, 7) is 2.83. The van der Waals surface area contributed by atoms with Crippen molar-refractivity contribution in [3.8, 4) is 0 Å². The second kappa shape index (κ2) is 7.07. The van der Waals surface area contributed by atoms with Crippen LogP contribution < -0.4 is 0 Å². The molecule has 0 bridgehead atoms. The van der Waals surface area contributed by atoms with Crippen molar-refractivity contribution in [3.63, 3.8) is 0 Å². The molecular weight excluding hydrogens is 286 g/mol. The summed E-state index contributed by atoms with van der Waals surface area (Å²) in [5.41, 5.74) is 3.19. The lowest BCUT2D eigenvalue weighted by atomic mass is 10.0. The second-order valence-corrected chi connectivity index (χ2v) is 5.69. The first-order valence-corrected chi connectivity index (χ1v) is 7.46. The number of hydrogen-bond acceptors (Lipinski definition) is 3. The number of aliphatic hydroxyl groups is 1. The van der Waals surface area contributed by atoms with Crippen LogP contribution in [0.4, 0.5) is 0 Å². The quantitative estimate of drug-likeness (QED) is 0.892. The molecule has 1 N–H and O–H groups in total. The van der Waals surface area contributed by atoms with Gasteiger partial charge in [-0.15, -0.1) is 0 Å². The third-order valence-electron chi connectivity index (χ3n) is 3.80. The van der Waals surface area contributed by atoms with Crippen molar-refractivity contribution >= 4 is 11.6 Å². The molecule has 21 heavy (non-hydrogen) atoms. The zero-order chi connectivity index (χ0) is 15.4. The summed E-state index contributed by atoms with van der Waals surface area (Å²) >= 11 is 6.31. The highest BCUT2D eigenvalue weighted by molar-refractivity contribution is 6.30. The topological polar surface area (TPSA) is 41.3 Å². The third-order valence-corrected chi connectivity index (χ3v) is 4.27. The van der Waals surface area contributed by atoms with Crippen molar-refractivity contribution in [2.45, 2.75) is 25.9 Å². The molecule has 114 valence electrons. The van der Waals surface area contributed by atoms with Gasteiger partial charge < -0.3 is 5.11 Å². The largest absolute Gasteiger partial charge is 0.396 e. The standard InChI is InChI=1S/C16H22ClN3O/c1-12-14(16(17)20(3)18-12)11-19(2)15(9-10-21)13-7-5-4-6-8-13/h4-8,15,21H,9-11H2,1-3H3. The van der Waals surface area contributed by atoms with E-state index in [4.69, 9.17) is 11.6 Å². The molecule has 0 saturated heterocycles. The van der Waals surface area contributed by atoms with E-state index in [1.165, 1.54) is 5.56 Å². The minimum atomic E-state index is 0.156. The van der Waals surface area contributed by atoms with Crippen LogP contribution in [0.1, 0.15) is 29.3 Å². The Hall–Kier alpha value is -1.36. The van der Waals surface area contributed by atoms with E-state index in [1.807, 2.05) is 32.2 Å². The van der Waals surface area contributed by atoms with Crippen LogP contribution in [-0.2, 0) is 13.6 Å². The van der Waals surface area contributed by atoms with Gasteiger partial charge in [0.2, 0.25) is 0 Å². The average Bonchev–Trinajstić information content (AvgIpc) is 2.72. The first-order chi connectivity index (χ1) is 10.0. The second-order valence-electron chi connectivity index (χ2n) is 5.33. The van der Waals surface area contributed by atoms with Crippen molar-refractivity contribution in [3.05, 3.63) is 52.3 Å². The van der Waals surface area contributed by atoms with Gasteiger partial charge in [0.1, 0.15) is 5.15 Å². The van der Waals surface area contributed by atoms with E-state index in [1.54, 1.807) is 4.68 Å². The first kappa shape index (κ1) is 16.0. The van der Waals surface area contributed by atoms with E-state index in [0.717, 1.165) is 11.3 Å². The maximum Gasteiger partial charge on any atom is 0.131 e. The van der Waals surface area contributed by atoms with E-state index in [-0.39, 0.29) is 12.6 Å². The lowest BCUT2D eigenvalue weighted by Gasteiger charge is -2.28. The Kier molecular flexibility index (Phi) is 5.39. The number of rotatable bonds is 6. The predicted octanol–water partition coefficient (Wildman–Crippen LogP) is 2.94. The monoisotopic (exact) mass is 307 g/mol. The van der Waals surface area contributed by atoms with E-state index in [0.29, 0.717) is 18.1 Å². The molecule has 4 nitrogen and oxygen atoms in total. The maximum absolute atomic E-state index is 9.36. The summed E-state index contributed by atoms with van der Waals surface area (Å²) in [5.74, 6) is 0. The fraction of sp³-hybridized carbons (Fsp3) is 0.438. The van der Waals surface area contributed by atoms with E-state index < -0.39 is 0 Å². The maximum atomic E-state index is 9.36. The molecule has 0 spiro atoms. The van der Waals surface area contributed by atoms with Gasteiger partial charge in [-0.2, -0.15) is 5.10 Å². The van der Waals surface area contributed by atoms with Gasteiger partial charge in [-0.1, -0.05) is 41.9 Å². The van der Waals surface area contributed by atoms with Crippen molar-refractivity contribution in [2.24, 2.45) is 7.05 Å². The van der Waals surface area contributed by atoms with Crippen molar-refractivity contribution in [2.75, 3.05) is 13.7 Å². The van der Waals surface area contributed by atoms with Crippen LogP contribution in [0.3, 0.4) is 0 Å². The van der Waals surface area contributed by atoms with Crippen molar-refractivity contribution < 1.29 is 5.11 Å². The Bertz CT molecular complexity index is 583. The van der Waals surface area contributed by atoms with Gasteiger partial charge in [0.05, 0.1) is 5.69 Å².